The van der Waals surface area contributed by atoms with Crippen molar-refractivity contribution < 1.29 is 0 Å². The average molecular weight is 291 g/mol. The van der Waals surface area contributed by atoms with Crippen LogP contribution in [0.15, 0.2) is 0 Å². The SMILES string of the molecule is CCC(C#N)(CCCN(C)C1CCCC(C)C1)NC1CC1. The number of rotatable bonds is 8. The van der Waals surface area contributed by atoms with Crippen LogP contribution in [0.25, 0.3) is 0 Å². The molecule has 0 heterocycles. The van der Waals surface area contributed by atoms with Gasteiger partial charge in [0.2, 0.25) is 0 Å². The molecule has 0 aromatic carbocycles. The second-order valence-electron chi connectivity index (χ2n) is 7.48. The number of nitrogens with zero attached hydrogens (tertiary/aromatic N) is 2. The summed E-state index contributed by atoms with van der Waals surface area (Å²) >= 11 is 0. The van der Waals surface area contributed by atoms with E-state index in [0.29, 0.717) is 6.04 Å². The Balaban J connectivity index is 1.74. The van der Waals surface area contributed by atoms with Gasteiger partial charge in [0.15, 0.2) is 0 Å². The molecule has 2 saturated carbocycles. The summed E-state index contributed by atoms with van der Waals surface area (Å²) in [6.07, 6.45) is 11.0. The lowest BCUT2D eigenvalue weighted by molar-refractivity contribution is 0.158. The average Bonchev–Trinajstić information content (AvgIpc) is 3.30. The highest BCUT2D eigenvalue weighted by atomic mass is 15.1. The van der Waals surface area contributed by atoms with Gasteiger partial charge < -0.3 is 4.90 Å². The third-order valence-electron chi connectivity index (χ3n) is 5.52. The molecule has 3 atom stereocenters. The summed E-state index contributed by atoms with van der Waals surface area (Å²) in [5.74, 6) is 0.886. The molecule has 0 spiro atoms. The smallest absolute Gasteiger partial charge is 0.106 e. The van der Waals surface area contributed by atoms with Crippen LogP contribution < -0.4 is 5.32 Å². The molecule has 0 bridgehead atoms. The Labute approximate surface area is 131 Å². The quantitative estimate of drug-likeness (QED) is 0.741. The maximum Gasteiger partial charge on any atom is 0.106 e. The van der Waals surface area contributed by atoms with Gasteiger partial charge in [0.05, 0.1) is 6.07 Å². The zero-order valence-corrected chi connectivity index (χ0v) is 14.2. The molecule has 2 fully saturated rings. The molecule has 0 saturated heterocycles. The molecule has 2 aliphatic carbocycles. The van der Waals surface area contributed by atoms with Crippen LogP contribution in [0, 0.1) is 17.2 Å². The minimum absolute atomic E-state index is 0.276. The summed E-state index contributed by atoms with van der Waals surface area (Å²) in [5.41, 5.74) is -0.276. The lowest BCUT2D eigenvalue weighted by Crippen LogP contribution is -2.45. The van der Waals surface area contributed by atoms with Crippen LogP contribution in [0.3, 0.4) is 0 Å². The molecule has 21 heavy (non-hydrogen) atoms. The van der Waals surface area contributed by atoms with Gasteiger partial charge in [0.25, 0.3) is 0 Å². The van der Waals surface area contributed by atoms with E-state index in [-0.39, 0.29) is 5.54 Å². The van der Waals surface area contributed by atoms with Gasteiger partial charge in [0, 0.05) is 12.1 Å². The summed E-state index contributed by atoms with van der Waals surface area (Å²) < 4.78 is 0. The van der Waals surface area contributed by atoms with Crippen molar-refractivity contribution in [2.45, 2.75) is 89.3 Å². The fraction of sp³-hybridized carbons (Fsp3) is 0.944. The second kappa shape index (κ2) is 7.61. The normalized spacial score (nSPS) is 29.1. The van der Waals surface area contributed by atoms with Crippen molar-refractivity contribution in [3.63, 3.8) is 0 Å². The van der Waals surface area contributed by atoms with E-state index in [4.69, 9.17) is 0 Å². The third kappa shape index (κ3) is 4.97. The van der Waals surface area contributed by atoms with Crippen molar-refractivity contribution in [1.82, 2.24) is 10.2 Å². The molecule has 0 radical (unpaired) electrons. The minimum Gasteiger partial charge on any atom is -0.303 e. The number of hydrogen-bond acceptors (Lipinski definition) is 3. The topological polar surface area (TPSA) is 39.1 Å². The zero-order valence-electron chi connectivity index (χ0n) is 14.2. The number of hydrogen-bond donors (Lipinski definition) is 1. The monoisotopic (exact) mass is 291 g/mol. The molecule has 0 amide bonds. The highest BCUT2D eigenvalue weighted by Gasteiger charge is 2.34. The number of nitrogens with one attached hydrogen (secondary N) is 1. The highest BCUT2D eigenvalue weighted by Crippen LogP contribution is 2.28. The van der Waals surface area contributed by atoms with Crippen LogP contribution in [0.1, 0.15) is 71.6 Å². The second-order valence-corrected chi connectivity index (χ2v) is 7.48. The molecule has 3 heteroatoms. The Kier molecular flexibility index (Phi) is 6.08. The summed E-state index contributed by atoms with van der Waals surface area (Å²) in [7, 11) is 2.27. The lowest BCUT2D eigenvalue weighted by atomic mass is 9.86. The summed E-state index contributed by atoms with van der Waals surface area (Å²) in [6, 6.07) is 3.95. The van der Waals surface area contributed by atoms with E-state index in [2.05, 4.69) is 37.2 Å². The van der Waals surface area contributed by atoms with E-state index in [1.807, 2.05) is 0 Å². The molecule has 2 aliphatic rings. The standard InChI is InChI=1S/C18H33N3/c1-4-18(14-19,20-16-9-10-16)11-6-12-21(3)17-8-5-7-15(2)13-17/h15-17,20H,4-13H2,1-3H3. The Hall–Kier alpha value is -0.590. The molecule has 2 rings (SSSR count). The molecule has 3 unspecified atom stereocenters. The Morgan fingerprint density at radius 1 is 1.29 bits per heavy atom. The number of nitriles is 1. The van der Waals surface area contributed by atoms with E-state index in [1.165, 1.54) is 38.5 Å². The van der Waals surface area contributed by atoms with Crippen LogP contribution >= 0.6 is 0 Å². The minimum atomic E-state index is -0.276. The summed E-state index contributed by atoms with van der Waals surface area (Å²) in [5, 5.41) is 13.2. The van der Waals surface area contributed by atoms with E-state index in [0.717, 1.165) is 37.8 Å². The maximum atomic E-state index is 9.58. The zero-order chi connectivity index (χ0) is 15.3. The van der Waals surface area contributed by atoms with Crippen molar-refractivity contribution in [2.24, 2.45) is 5.92 Å². The molecule has 0 aromatic heterocycles. The van der Waals surface area contributed by atoms with E-state index < -0.39 is 0 Å². The Morgan fingerprint density at radius 3 is 2.62 bits per heavy atom. The molecular formula is C18H33N3. The van der Waals surface area contributed by atoms with Gasteiger partial charge in [-0.1, -0.05) is 26.7 Å². The van der Waals surface area contributed by atoms with Crippen molar-refractivity contribution >= 4 is 0 Å². The van der Waals surface area contributed by atoms with Gasteiger partial charge in [-0.25, -0.2) is 0 Å². The summed E-state index contributed by atoms with van der Waals surface area (Å²) in [4.78, 5) is 2.55. The first-order valence-corrected chi connectivity index (χ1v) is 8.97. The van der Waals surface area contributed by atoms with Gasteiger partial charge in [0.1, 0.15) is 5.54 Å². The van der Waals surface area contributed by atoms with Crippen molar-refractivity contribution in [1.29, 1.82) is 5.26 Å². The lowest BCUT2D eigenvalue weighted by Gasteiger charge is -2.35. The van der Waals surface area contributed by atoms with Crippen LogP contribution in [0.5, 0.6) is 0 Å². The van der Waals surface area contributed by atoms with E-state index >= 15 is 0 Å². The van der Waals surface area contributed by atoms with E-state index in [1.54, 1.807) is 0 Å². The van der Waals surface area contributed by atoms with Crippen molar-refractivity contribution in [3.05, 3.63) is 0 Å². The first-order valence-electron chi connectivity index (χ1n) is 8.97. The maximum absolute atomic E-state index is 9.58. The third-order valence-corrected chi connectivity index (χ3v) is 5.52. The first-order chi connectivity index (χ1) is 10.1. The van der Waals surface area contributed by atoms with Crippen molar-refractivity contribution in [3.8, 4) is 6.07 Å². The summed E-state index contributed by atoms with van der Waals surface area (Å²) in [6.45, 7) is 5.66. The molecule has 120 valence electrons. The molecule has 0 aromatic rings. The highest BCUT2D eigenvalue weighted by molar-refractivity contribution is 5.09. The molecular weight excluding hydrogens is 258 g/mol. The fourth-order valence-corrected chi connectivity index (χ4v) is 3.75. The van der Waals surface area contributed by atoms with Gasteiger partial charge in [-0.2, -0.15) is 5.26 Å². The van der Waals surface area contributed by atoms with Crippen molar-refractivity contribution in [2.75, 3.05) is 13.6 Å². The van der Waals surface area contributed by atoms with Crippen LogP contribution in [-0.2, 0) is 0 Å². The molecule has 0 aliphatic heterocycles. The first kappa shape index (κ1) is 16.8. The van der Waals surface area contributed by atoms with Gasteiger partial charge in [-0.05, 0) is 64.5 Å². The molecule has 3 nitrogen and oxygen atoms in total. The largest absolute Gasteiger partial charge is 0.303 e. The molecule has 1 N–H and O–H groups in total. The van der Waals surface area contributed by atoms with E-state index in [9.17, 15) is 5.26 Å². The van der Waals surface area contributed by atoms with Crippen LogP contribution in [0.4, 0.5) is 0 Å². The van der Waals surface area contributed by atoms with Gasteiger partial charge in [-0.3, -0.25) is 5.32 Å². The van der Waals surface area contributed by atoms with Gasteiger partial charge in [-0.15, -0.1) is 0 Å². The Bertz CT molecular complexity index is 358. The van der Waals surface area contributed by atoms with Crippen LogP contribution in [-0.4, -0.2) is 36.1 Å². The Morgan fingerprint density at radius 2 is 2.05 bits per heavy atom. The fourth-order valence-electron chi connectivity index (χ4n) is 3.75. The van der Waals surface area contributed by atoms with Crippen LogP contribution in [0.2, 0.25) is 0 Å². The predicted octanol–water partition coefficient (Wildman–Crippen LogP) is 3.70. The van der Waals surface area contributed by atoms with Gasteiger partial charge >= 0.3 is 0 Å². The predicted molar refractivity (Wildman–Crippen MR) is 88.1 cm³/mol.